The van der Waals surface area contributed by atoms with Gasteiger partial charge in [0.25, 0.3) is 0 Å². The van der Waals surface area contributed by atoms with Crippen LogP contribution < -0.4 is 4.72 Å². The molecule has 0 aromatic carbocycles. The summed E-state index contributed by atoms with van der Waals surface area (Å²) < 4.78 is 61.3. The van der Waals surface area contributed by atoms with E-state index in [1.165, 1.54) is 6.92 Å². The molecule has 0 saturated heterocycles. The van der Waals surface area contributed by atoms with Gasteiger partial charge in [-0.25, -0.2) is 13.1 Å². The molecule has 0 radical (unpaired) electrons. The van der Waals surface area contributed by atoms with Gasteiger partial charge >= 0.3 is 5.51 Å². The van der Waals surface area contributed by atoms with Crippen molar-refractivity contribution in [3.8, 4) is 0 Å². The zero-order chi connectivity index (χ0) is 14.7. The molecule has 110 valence electrons. The second-order valence-electron chi connectivity index (χ2n) is 3.47. The summed E-state index contributed by atoms with van der Waals surface area (Å²) in [4.78, 5) is -0.230. The second kappa shape index (κ2) is 6.11. The van der Waals surface area contributed by atoms with E-state index >= 15 is 0 Å². The summed E-state index contributed by atoms with van der Waals surface area (Å²) in [6.45, 7) is 0.477. The number of sulfonamides is 1. The predicted molar refractivity (Wildman–Crippen MR) is 62.9 cm³/mol. The Morgan fingerprint density at radius 3 is 2.63 bits per heavy atom. The van der Waals surface area contributed by atoms with E-state index in [1.807, 2.05) is 4.72 Å². The van der Waals surface area contributed by atoms with Gasteiger partial charge < -0.3 is 5.11 Å². The second-order valence-corrected chi connectivity index (χ2v) is 6.34. The van der Waals surface area contributed by atoms with Crippen molar-refractivity contribution in [3.05, 3.63) is 11.4 Å². The molecule has 6 nitrogen and oxygen atoms in total. The van der Waals surface area contributed by atoms with Crippen LogP contribution >= 0.6 is 11.8 Å². The van der Waals surface area contributed by atoms with Crippen molar-refractivity contribution in [1.82, 2.24) is 14.9 Å². The number of H-pyrrole nitrogens is 1. The Hall–Kier alpha value is -0.780. The molecule has 0 saturated carbocycles. The maximum absolute atomic E-state index is 11.9. The molecule has 0 aliphatic carbocycles. The molecule has 1 rings (SSSR count). The number of aliphatic hydroxyl groups excluding tert-OH is 1. The Bertz CT molecular complexity index is 527. The van der Waals surface area contributed by atoms with Crippen LogP contribution in [0.25, 0.3) is 0 Å². The van der Waals surface area contributed by atoms with Crippen molar-refractivity contribution < 1.29 is 26.7 Å². The van der Waals surface area contributed by atoms with E-state index in [-0.39, 0.29) is 34.6 Å². The van der Waals surface area contributed by atoms with Crippen LogP contribution in [0, 0.1) is 6.92 Å². The van der Waals surface area contributed by atoms with Crippen molar-refractivity contribution in [2.45, 2.75) is 23.9 Å². The zero-order valence-electron chi connectivity index (χ0n) is 9.78. The predicted octanol–water partition coefficient (Wildman–Crippen LogP) is 0.742. The van der Waals surface area contributed by atoms with Crippen LogP contribution in [0.2, 0.25) is 0 Å². The highest BCUT2D eigenvalue weighted by Gasteiger charge is 2.28. The van der Waals surface area contributed by atoms with Gasteiger partial charge in [0.15, 0.2) is 0 Å². The number of rotatable bonds is 6. The van der Waals surface area contributed by atoms with Gasteiger partial charge in [-0.2, -0.15) is 18.3 Å². The summed E-state index contributed by atoms with van der Waals surface area (Å²) in [6, 6.07) is 0. The molecule has 3 N–H and O–H groups in total. The van der Waals surface area contributed by atoms with E-state index in [1.54, 1.807) is 0 Å². The summed E-state index contributed by atoms with van der Waals surface area (Å²) in [5, 5.41) is 14.9. The monoisotopic (exact) mass is 319 g/mol. The Labute approximate surface area is 111 Å². The zero-order valence-corrected chi connectivity index (χ0v) is 11.4. The first kappa shape index (κ1) is 16.3. The van der Waals surface area contributed by atoms with Gasteiger partial charge in [-0.15, -0.1) is 0 Å². The maximum atomic E-state index is 11.9. The van der Waals surface area contributed by atoms with Crippen LogP contribution in [0.3, 0.4) is 0 Å². The van der Waals surface area contributed by atoms with E-state index in [2.05, 4.69) is 10.2 Å². The lowest BCUT2D eigenvalue weighted by molar-refractivity contribution is -0.0327. The number of thioether (sulfide) groups is 1. The summed E-state index contributed by atoms with van der Waals surface area (Å²) >= 11 is -0.314. The normalized spacial score (nSPS) is 12.9. The molecule has 1 aromatic rings. The number of aromatic amines is 1. The first-order chi connectivity index (χ1) is 8.67. The minimum atomic E-state index is -4.40. The maximum Gasteiger partial charge on any atom is 0.441 e. The minimum Gasteiger partial charge on any atom is -0.390 e. The van der Waals surface area contributed by atoms with E-state index in [0.29, 0.717) is 0 Å². The van der Waals surface area contributed by atoms with Crippen LogP contribution in [-0.4, -0.2) is 41.5 Å². The van der Waals surface area contributed by atoms with Gasteiger partial charge in [0, 0.05) is 12.3 Å². The fourth-order valence-corrected chi connectivity index (χ4v) is 3.30. The van der Waals surface area contributed by atoms with Crippen molar-refractivity contribution in [1.29, 1.82) is 0 Å². The molecule has 19 heavy (non-hydrogen) atoms. The molecule has 0 unspecified atom stereocenters. The fraction of sp³-hybridized carbons (Fsp3) is 0.625. The van der Waals surface area contributed by atoms with Gasteiger partial charge in [0.2, 0.25) is 10.0 Å². The molecule has 1 aromatic heterocycles. The average Bonchev–Trinajstić information content (AvgIpc) is 2.65. The number of aryl methyl sites for hydroxylation is 1. The molecule has 0 aliphatic rings. The molecule has 0 aliphatic heterocycles. The van der Waals surface area contributed by atoms with Gasteiger partial charge in [0.05, 0.1) is 12.3 Å². The van der Waals surface area contributed by atoms with Gasteiger partial charge in [-0.1, -0.05) is 0 Å². The number of halogens is 3. The third kappa shape index (κ3) is 4.67. The molecule has 0 bridgehead atoms. The molecular weight excluding hydrogens is 307 g/mol. The van der Waals surface area contributed by atoms with E-state index in [9.17, 15) is 21.6 Å². The van der Waals surface area contributed by atoms with E-state index in [0.717, 1.165) is 0 Å². The van der Waals surface area contributed by atoms with Crippen LogP contribution in [-0.2, 0) is 16.6 Å². The number of nitrogens with one attached hydrogen (secondary N) is 2. The number of hydrogen-bond donors (Lipinski definition) is 3. The number of aliphatic hydroxyl groups is 1. The molecule has 0 amide bonds. The topological polar surface area (TPSA) is 95.1 Å². The molecule has 0 spiro atoms. The van der Waals surface area contributed by atoms with Gasteiger partial charge in [-0.3, -0.25) is 5.10 Å². The highest BCUT2D eigenvalue weighted by Crippen LogP contribution is 2.29. The molecule has 0 fully saturated rings. The molecule has 0 atom stereocenters. The molecule has 11 heteroatoms. The molecular formula is C8H12F3N3O3S2. The van der Waals surface area contributed by atoms with E-state index in [4.69, 9.17) is 5.11 Å². The number of hydrogen-bond acceptors (Lipinski definition) is 5. The van der Waals surface area contributed by atoms with Crippen molar-refractivity contribution in [3.63, 3.8) is 0 Å². The molecule has 1 heterocycles. The van der Waals surface area contributed by atoms with Crippen molar-refractivity contribution in [2.24, 2.45) is 0 Å². The first-order valence-electron chi connectivity index (χ1n) is 5.02. The highest BCUT2D eigenvalue weighted by atomic mass is 32.2. The summed E-state index contributed by atoms with van der Waals surface area (Å²) in [5.41, 5.74) is -4.26. The summed E-state index contributed by atoms with van der Waals surface area (Å²) in [6.07, 6.45) is 0. The van der Waals surface area contributed by atoms with Crippen LogP contribution in [0.4, 0.5) is 13.2 Å². The summed E-state index contributed by atoms with van der Waals surface area (Å²) in [5.74, 6) is -0.436. The van der Waals surface area contributed by atoms with Crippen molar-refractivity contribution in [2.75, 3.05) is 12.3 Å². The third-order valence-corrected chi connectivity index (χ3v) is 4.44. The first-order valence-corrected chi connectivity index (χ1v) is 7.49. The van der Waals surface area contributed by atoms with Crippen molar-refractivity contribution >= 4 is 21.8 Å². The number of alkyl halides is 3. The third-order valence-electron chi connectivity index (χ3n) is 2.04. The standard InChI is InChI=1S/C8H12F3N3O3S2/c1-5-7(6(4-15)14-13-5)19(16,17)12-2-3-18-8(9,10)11/h12,15H,2-4H2,1H3,(H,13,14). The summed E-state index contributed by atoms with van der Waals surface area (Å²) in [7, 11) is -3.99. The van der Waals surface area contributed by atoms with Gasteiger partial charge in [0.1, 0.15) is 10.6 Å². The Morgan fingerprint density at radius 2 is 2.11 bits per heavy atom. The van der Waals surface area contributed by atoms with Crippen LogP contribution in [0.5, 0.6) is 0 Å². The smallest absolute Gasteiger partial charge is 0.390 e. The number of nitrogens with zero attached hydrogens (tertiary/aromatic N) is 1. The minimum absolute atomic E-state index is 0.0755. The Balaban J connectivity index is 2.69. The van der Waals surface area contributed by atoms with Crippen LogP contribution in [0.1, 0.15) is 11.4 Å². The lowest BCUT2D eigenvalue weighted by Crippen LogP contribution is -2.27. The SMILES string of the molecule is Cc1[nH]nc(CO)c1S(=O)(=O)NCCSC(F)(F)F. The van der Waals surface area contributed by atoms with Gasteiger partial charge in [-0.05, 0) is 18.7 Å². The fourth-order valence-electron chi connectivity index (χ4n) is 1.35. The van der Waals surface area contributed by atoms with E-state index < -0.39 is 27.9 Å². The largest absolute Gasteiger partial charge is 0.441 e. The lowest BCUT2D eigenvalue weighted by Gasteiger charge is -2.08. The highest BCUT2D eigenvalue weighted by molar-refractivity contribution is 8.00. The Kier molecular flexibility index (Phi) is 5.24. The lowest BCUT2D eigenvalue weighted by atomic mass is 10.4. The van der Waals surface area contributed by atoms with Crippen LogP contribution in [0.15, 0.2) is 4.90 Å². The average molecular weight is 319 g/mol. The Morgan fingerprint density at radius 1 is 1.47 bits per heavy atom. The quantitative estimate of drug-likeness (QED) is 0.672. The number of aromatic nitrogens is 2.